The molecule has 5 heteroatoms. The molecule has 0 spiro atoms. The molecule has 0 saturated heterocycles. The molecular formula is C17H20N4S. The Kier molecular flexibility index (Phi) is 4.79. The van der Waals surface area contributed by atoms with Gasteiger partial charge in [-0.15, -0.1) is 5.10 Å². The second kappa shape index (κ2) is 6.97. The highest BCUT2D eigenvalue weighted by Crippen LogP contribution is 2.33. The fourth-order valence-electron chi connectivity index (χ4n) is 2.87. The highest BCUT2D eigenvalue weighted by atomic mass is 32.2. The number of nitrogens with zero attached hydrogens (tertiary/aromatic N) is 3. The van der Waals surface area contributed by atoms with Gasteiger partial charge in [0.15, 0.2) is 0 Å². The Hall–Kier alpha value is -1.80. The number of rotatable bonds is 5. The second-order valence-electron chi connectivity index (χ2n) is 5.91. The third kappa shape index (κ3) is 3.69. The molecular weight excluding hydrogens is 292 g/mol. The summed E-state index contributed by atoms with van der Waals surface area (Å²) in [5.41, 5.74) is 2.41. The van der Waals surface area contributed by atoms with E-state index in [-0.39, 0.29) is 5.25 Å². The first kappa shape index (κ1) is 15.1. The fourth-order valence-corrected chi connectivity index (χ4v) is 3.70. The molecule has 1 aliphatic rings. The number of aryl methyl sites for hydroxylation is 1. The van der Waals surface area contributed by atoms with Gasteiger partial charge in [0.05, 0.1) is 6.07 Å². The molecule has 1 saturated carbocycles. The molecule has 0 amide bonds. The van der Waals surface area contributed by atoms with Crippen molar-refractivity contribution in [2.75, 3.05) is 0 Å². The summed E-state index contributed by atoms with van der Waals surface area (Å²) in [6, 6.07) is 10.7. The maximum Gasteiger partial charge on any atom is 0.209 e. The first-order valence-electron chi connectivity index (χ1n) is 7.78. The van der Waals surface area contributed by atoms with Gasteiger partial charge in [-0.25, -0.2) is 4.98 Å². The van der Waals surface area contributed by atoms with Gasteiger partial charge >= 0.3 is 0 Å². The molecule has 3 rings (SSSR count). The Morgan fingerprint density at radius 2 is 2.05 bits per heavy atom. The summed E-state index contributed by atoms with van der Waals surface area (Å²) in [5.74, 6) is 1.52. The van der Waals surface area contributed by atoms with E-state index in [1.165, 1.54) is 48.6 Å². The zero-order chi connectivity index (χ0) is 15.4. The lowest BCUT2D eigenvalue weighted by atomic mass is 10.1. The van der Waals surface area contributed by atoms with Gasteiger partial charge in [-0.05, 0) is 31.7 Å². The lowest BCUT2D eigenvalue weighted by molar-refractivity contribution is 0.671. The van der Waals surface area contributed by atoms with Crippen LogP contribution in [0.5, 0.6) is 0 Å². The van der Waals surface area contributed by atoms with E-state index >= 15 is 0 Å². The summed E-state index contributed by atoms with van der Waals surface area (Å²) in [6.45, 7) is 2.07. The fraction of sp³-hybridized carbons (Fsp3) is 0.471. The largest absolute Gasteiger partial charge is 0.262 e. The Morgan fingerprint density at radius 1 is 1.32 bits per heavy atom. The van der Waals surface area contributed by atoms with Crippen LogP contribution in [0.1, 0.15) is 48.6 Å². The van der Waals surface area contributed by atoms with E-state index in [2.05, 4.69) is 52.4 Å². The maximum absolute atomic E-state index is 9.38. The molecule has 0 unspecified atom stereocenters. The van der Waals surface area contributed by atoms with Crippen molar-refractivity contribution in [3.8, 4) is 6.07 Å². The Morgan fingerprint density at radius 3 is 2.73 bits per heavy atom. The zero-order valence-electron chi connectivity index (χ0n) is 12.7. The summed E-state index contributed by atoms with van der Waals surface area (Å²) >= 11 is 1.45. The van der Waals surface area contributed by atoms with Gasteiger partial charge in [-0.3, -0.25) is 5.10 Å². The van der Waals surface area contributed by atoms with Crippen molar-refractivity contribution >= 4 is 11.8 Å². The van der Waals surface area contributed by atoms with Crippen molar-refractivity contribution < 1.29 is 0 Å². The highest BCUT2D eigenvalue weighted by molar-refractivity contribution is 8.00. The van der Waals surface area contributed by atoms with E-state index in [1.54, 1.807) is 0 Å². The van der Waals surface area contributed by atoms with Crippen molar-refractivity contribution in [1.29, 1.82) is 5.26 Å². The molecule has 0 radical (unpaired) electrons. The minimum atomic E-state index is -0.157. The average molecular weight is 312 g/mol. The van der Waals surface area contributed by atoms with Crippen LogP contribution in [0.25, 0.3) is 0 Å². The summed E-state index contributed by atoms with van der Waals surface area (Å²) in [6.07, 6.45) is 5.67. The number of nitrogens with one attached hydrogen (secondary N) is 1. The molecule has 1 aromatic carbocycles. The third-order valence-corrected chi connectivity index (χ3v) is 5.11. The van der Waals surface area contributed by atoms with Gasteiger partial charge in [0.2, 0.25) is 5.16 Å². The maximum atomic E-state index is 9.38. The van der Waals surface area contributed by atoms with Crippen molar-refractivity contribution in [1.82, 2.24) is 15.2 Å². The van der Waals surface area contributed by atoms with Crippen LogP contribution >= 0.6 is 11.8 Å². The van der Waals surface area contributed by atoms with Gasteiger partial charge in [-0.1, -0.05) is 54.4 Å². The van der Waals surface area contributed by atoms with Crippen LogP contribution in [0.2, 0.25) is 0 Å². The number of H-pyrrole nitrogens is 1. The van der Waals surface area contributed by atoms with E-state index in [9.17, 15) is 5.26 Å². The van der Waals surface area contributed by atoms with E-state index in [0.29, 0.717) is 11.1 Å². The van der Waals surface area contributed by atoms with E-state index in [4.69, 9.17) is 0 Å². The van der Waals surface area contributed by atoms with Crippen LogP contribution in [0.4, 0.5) is 0 Å². The number of aromatic amines is 1. The summed E-state index contributed by atoms with van der Waals surface area (Å²) < 4.78 is 0. The first-order chi connectivity index (χ1) is 10.7. The molecule has 0 aliphatic heterocycles. The zero-order valence-corrected chi connectivity index (χ0v) is 13.6. The molecule has 22 heavy (non-hydrogen) atoms. The number of hydrogen-bond acceptors (Lipinski definition) is 4. The molecule has 0 bridgehead atoms. The number of nitriles is 1. The monoisotopic (exact) mass is 312 g/mol. The average Bonchev–Trinajstić information content (AvgIpc) is 3.19. The normalized spacial score (nSPS) is 16.5. The van der Waals surface area contributed by atoms with Gasteiger partial charge in [0.1, 0.15) is 11.1 Å². The number of thioether (sulfide) groups is 1. The number of aromatic nitrogens is 3. The molecule has 4 nitrogen and oxygen atoms in total. The molecule has 1 atom stereocenters. The molecule has 1 heterocycles. The Bertz CT molecular complexity index is 650. The van der Waals surface area contributed by atoms with Crippen LogP contribution in [0.15, 0.2) is 29.4 Å². The lowest BCUT2D eigenvalue weighted by Crippen LogP contribution is -2.04. The minimum Gasteiger partial charge on any atom is -0.262 e. The van der Waals surface area contributed by atoms with Gasteiger partial charge in [0.25, 0.3) is 0 Å². The van der Waals surface area contributed by atoms with Crippen molar-refractivity contribution in [2.24, 2.45) is 0 Å². The van der Waals surface area contributed by atoms with Crippen LogP contribution in [-0.2, 0) is 6.42 Å². The summed E-state index contributed by atoms with van der Waals surface area (Å²) in [5, 5.41) is 17.3. The quantitative estimate of drug-likeness (QED) is 0.848. The standard InChI is InChI=1S/C17H20N4S/c1-12-6-8-13(9-7-12)10-15(11-18)22-17-19-16(20-21-17)14-4-2-3-5-14/h6-9,14-15H,2-5,10H2,1H3,(H,19,20,21)/t15-/m0/s1. The van der Waals surface area contributed by atoms with Crippen molar-refractivity contribution in [3.05, 3.63) is 41.2 Å². The number of hydrogen-bond donors (Lipinski definition) is 1. The summed E-state index contributed by atoms with van der Waals surface area (Å²) in [7, 11) is 0. The predicted octanol–water partition coefficient (Wildman–Crippen LogP) is 4.00. The highest BCUT2D eigenvalue weighted by Gasteiger charge is 2.21. The SMILES string of the molecule is Cc1ccc(C[C@@H](C#N)Sc2n[nH]c(C3CCCC3)n2)cc1. The molecule has 1 fully saturated rings. The van der Waals surface area contributed by atoms with Gasteiger partial charge in [-0.2, -0.15) is 5.26 Å². The van der Waals surface area contributed by atoms with Crippen molar-refractivity contribution in [2.45, 2.75) is 55.4 Å². The third-order valence-electron chi connectivity index (χ3n) is 4.16. The first-order valence-corrected chi connectivity index (χ1v) is 8.66. The Balaban J connectivity index is 1.62. The van der Waals surface area contributed by atoms with Crippen LogP contribution in [-0.4, -0.2) is 20.4 Å². The Labute approximate surface area is 135 Å². The smallest absolute Gasteiger partial charge is 0.209 e. The molecule has 1 aromatic heterocycles. The molecule has 1 N–H and O–H groups in total. The minimum absolute atomic E-state index is 0.157. The number of benzene rings is 1. The van der Waals surface area contributed by atoms with E-state index in [0.717, 1.165) is 12.2 Å². The molecule has 2 aromatic rings. The lowest BCUT2D eigenvalue weighted by Gasteiger charge is -2.06. The van der Waals surface area contributed by atoms with Crippen LogP contribution < -0.4 is 0 Å². The topological polar surface area (TPSA) is 65.4 Å². The van der Waals surface area contributed by atoms with E-state index < -0.39 is 0 Å². The van der Waals surface area contributed by atoms with E-state index in [1.807, 2.05) is 0 Å². The predicted molar refractivity (Wildman–Crippen MR) is 87.7 cm³/mol. The van der Waals surface area contributed by atoms with Crippen LogP contribution in [0.3, 0.4) is 0 Å². The van der Waals surface area contributed by atoms with Crippen molar-refractivity contribution in [3.63, 3.8) is 0 Å². The molecule has 1 aliphatic carbocycles. The molecule has 114 valence electrons. The van der Waals surface area contributed by atoms with Gasteiger partial charge in [0, 0.05) is 5.92 Å². The van der Waals surface area contributed by atoms with Crippen LogP contribution in [0, 0.1) is 18.3 Å². The van der Waals surface area contributed by atoms with Gasteiger partial charge < -0.3 is 0 Å². The summed E-state index contributed by atoms with van der Waals surface area (Å²) in [4.78, 5) is 4.58. The second-order valence-corrected chi connectivity index (χ2v) is 7.08.